The molecule has 2 N–H and O–H groups in total. The highest BCUT2D eigenvalue weighted by atomic mass is 32.1. The second-order valence-electron chi connectivity index (χ2n) is 9.96. The first-order valence-electron chi connectivity index (χ1n) is 13.4. The summed E-state index contributed by atoms with van der Waals surface area (Å²) in [5.74, 6) is -1.89. The smallest absolute Gasteiger partial charge is 0.251 e. The molecule has 0 radical (unpaired) electrons. The van der Waals surface area contributed by atoms with Crippen LogP contribution in [0.1, 0.15) is 21.7 Å². The van der Waals surface area contributed by atoms with E-state index >= 15 is 0 Å². The van der Waals surface area contributed by atoms with Crippen LogP contribution in [0.3, 0.4) is 0 Å². The standard InChI is InChI=1S/C30H27FN4O6S/c31-21-4-6-22(7-5-21)41-23-3-1-2-19(12-23)28(37)34-17-27(36)35-18-30(39-10-11-40-30)14-25(35)29(38)33-16-24-13-20-15-32-9-8-26(20)42-24/h1-9,12-13,15,25H,10-11,14,16-18H2,(H,33,38)(H,34,37). The molecule has 2 aliphatic rings. The highest BCUT2D eigenvalue weighted by Gasteiger charge is 2.52. The molecule has 10 nitrogen and oxygen atoms in total. The zero-order valence-corrected chi connectivity index (χ0v) is 23.2. The molecular formula is C30H27FN4O6S. The van der Waals surface area contributed by atoms with Crippen LogP contribution in [0.25, 0.3) is 10.1 Å². The second-order valence-corrected chi connectivity index (χ2v) is 11.1. The Balaban J connectivity index is 1.09. The fourth-order valence-corrected chi connectivity index (χ4v) is 6.03. The van der Waals surface area contributed by atoms with Gasteiger partial charge in [0, 0.05) is 39.3 Å². The van der Waals surface area contributed by atoms with Gasteiger partial charge in [-0.3, -0.25) is 19.4 Å². The summed E-state index contributed by atoms with van der Waals surface area (Å²) in [6.07, 6.45) is 3.69. The van der Waals surface area contributed by atoms with Gasteiger partial charge in [-0.25, -0.2) is 4.39 Å². The van der Waals surface area contributed by atoms with E-state index in [1.165, 1.54) is 35.2 Å². The molecule has 216 valence electrons. The number of fused-ring (bicyclic) bond motifs is 1. The highest BCUT2D eigenvalue weighted by molar-refractivity contribution is 7.19. The van der Waals surface area contributed by atoms with Crippen molar-refractivity contribution < 1.29 is 33.0 Å². The van der Waals surface area contributed by atoms with E-state index in [-0.39, 0.29) is 36.8 Å². The fraction of sp³-hybridized carbons (Fsp3) is 0.267. The van der Waals surface area contributed by atoms with Crippen molar-refractivity contribution in [1.82, 2.24) is 20.5 Å². The zero-order chi connectivity index (χ0) is 29.1. The predicted molar refractivity (Wildman–Crippen MR) is 151 cm³/mol. The molecule has 3 amide bonds. The number of nitrogens with zero attached hydrogens (tertiary/aromatic N) is 2. The minimum Gasteiger partial charge on any atom is -0.457 e. The first-order chi connectivity index (χ1) is 20.4. The number of ether oxygens (including phenoxy) is 3. The summed E-state index contributed by atoms with van der Waals surface area (Å²) in [6.45, 7) is 0.803. The van der Waals surface area contributed by atoms with Gasteiger partial charge in [-0.2, -0.15) is 0 Å². The average Bonchev–Trinajstić information content (AvgIpc) is 3.74. The summed E-state index contributed by atoms with van der Waals surface area (Å²) >= 11 is 1.56. The van der Waals surface area contributed by atoms with Crippen molar-refractivity contribution in [2.75, 3.05) is 26.3 Å². The molecule has 2 aromatic heterocycles. The Bertz CT molecular complexity index is 1590. The van der Waals surface area contributed by atoms with Gasteiger partial charge in [0.2, 0.25) is 11.8 Å². The molecule has 2 fully saturated rings. The van der Waals surface area contributed by atoms with Crippen molar-refractivity contribution in [3.8, 4) is 11.5 Å². The van der Waals surface area contributed by atoms with Crippen molar-refractivity contribution in [2.24, 2.45) is 0 Å². The molecule has 0 aliphatic carbocycles. The van der Waals surface area contributed by atoms with Crippen LogP contribution in [0.5, 0.6) is 11.5 Å². The molecule has 0 saturated carbocycles. The number of halogens is 1. The van der Waals surface area contributed by atoms with E-state index in [1.807, 2.05) is 12.1 Å². The van der Waals surface area contributed by atoms with E-state index in [0.29, 0.717) is 31.3 Å². The van der Waals surface area contributed by atoms with Crippen LogP contribution in [0, 0.1) is 5.82 Å². The number of hydrogen-bond acceptors (Lipinski definition) is 8. The number of pyridine rings is 1. The SMILES string of the molecule is O=C(NCC(=O)N1CC2(CC1C(=O)NCc1cc3cnccc3s1)OCCO2)c1cccc(Oc2ccc(F)cc2)c1. The fourth-order valence-electron chi connectivity index (χ4n) is 5.06. The number of benzene rings is 2. The first kappa shape index (κ1) is 27.8. The minimum absolute atomic E-state index is 0.0787. The predicted octanol–water partition coefficient (Wildman–Crippen LogP) is 3.62. The Kier molecular flexibility index (Phi) is 7.83. The normalized spacial score (nSPS) is 17.5. The van der Waals surface area contributed by atoms with Gasteiger partial charge in [-0.1, -0.05) is 6.07 Å². The second kappa shape index (κ2) is 11.8. The highest BCUT2D eigenvalue weighted by Crippen LogP contribution is 2.35. The molecule has 4 aromatic rings. The molecule has 6 rings (SSSR count). The summed E-state index contributed by atoms with van der Waals surface area (Å²) in [7, 11) is 0. The van der Waals surface area contributed by atoms with Crippen LogP contribution in [0.15, 0.2) is 73.1 Å². The van der Waals surface area contributed by atoms with Crippen molar-refractivity contribution in [2.45, 2.75) is 24.8 Å². The van der Waals surface area contributed by atoms with Crippen molar-refractivity contribution in [1.29, 1.82) is 0 Å². The van der Waals surface area contributed by atoms with E-state index < -0.39 is 23.6 Å². The Morgan fingerprint density at radius 3 is 2.64 bits per heavy atom. The maximum absolute atomic E-state index is 13.3. The largest absolute Gasteiger partial charge is 0.457 e. The molecule has 1 spiro atoms. The lowest BCUT2D eigenvalue weighted by Crippen LogP contribution is -2.49. The third kappa shape index (κ3) is 6.10. The summed E-state index contributed by atoms with van der Waals surface area (Å²) in [5.41, 5.74) is 0.274. The number of carbonyl (C=O) groups excluding carboxylic acids is 3. The number of thiophene rings is 1. The van der Waals surface area contributed by atoms with Crippen LogP contribution < -0.4 is 15.4 Å². The summed E-state index contributed by atoms with van der Waals surface area (Å²) in [5, 5.41) is 6.57. The number of hydrogen-bond donors (Lipinski definition) is 2. The van der Waals surface area contributed by atoms with Gasteiger partial charge in [-0.15, -0.1) is 11.3 Å². The quantitative estimate of drug-likeness (QED) is 0.322. The van der Waals surface area contributed by atoms with Gasteiger partial charge in [0.1, 0.15) is 23.4 Å². The zero-order valence-electron chi connectivity index (χ0n) is 22.4. The van der Waals surface area contributed by atoms with Gasteiger partial charge in [0.05, 0.1) is 32.8 Å². The Labute approximate surface area is 244 Å². The number of rotatable bonds is 8. The summed E-state index contributed by atoms with van der Waals surface area (Å²) in [4.78, 5) is 46.0. The van der Waals surface area contributed by atoms with Gasteiger partial charge in [0.25, 0.3) is 5.91 Å². The number of carbonyl (C=O) groups is 3. The summed E-state index contributed by atoms with van der Waals surface area (Å²) < 4.78 is 31.6. The van der Waals surface area contributed by atoms with Gasteiger partial charge < -0.3 is 29.7 Å². The van der Waals surface area contributed by atoms with Crippen LogP contribution in [0.4, 0.5) is 4.39 Å². The molecule has 1 atom stereocenters. The van der Waals surface area contributed by atoms with Gasteiger partial charge in [-0.05, 0) is 54.6 Å². The third-order valence-electron chi connectivity index (χ3n) is 7.08. The van der Waals surface area contributed by atoms with E-state index in [4.69, 9.17) is 14.2 Å². The molecular weight excluding hydrogens is 563 g/mol. The molecule has 12 heteroatoms. The maximum atomic E-state index is 13.3. The van der Waals surface area contributed by atoms with Crippen molar-refractivity contribution >= 4 is 39.1 Å². The van der Waals surface area contributed by atoms with Crippen LogP contribution in [0.2, 0.25) is 0 Å². The molecule has 2 aliphatic heterocycles. The van der Waals surface area contributed by atoms with E-state index in [2.05, 4.69) is 15.6 Å². The van der Waals surface area contributed by atoms with Crippen LogP contribution >= 0.6 is 11.3 Å². The molecule has 2 saturated heterocycles. The first-order valence-corrected chi connectivity index (χ1v) is 14.2. The van der Waals surface area contributed by atoms with E-state index in [9.17, 15) is 18.8 Å². The molecule has 0 bridgehead atoms. The van der Waals surface area contributed by atoms with E-state index in [0.717, 1.165) is 15.0 Å². The lowest BCUT2D eigenvalue weighted by Gasteiger charge is -2.24. The Hall–Kier alpha value is -4.39. The molecule has 42 heavy (non-hydrogen) atoms. The van der Waals surface area contributed by atoms with Crippen molar-refractivity contribution in [3.63, 3.8) is 0 Å². The van der Waals surface area contributed by atoms with Crippen LogP contribution in [-0.2, 0) is 25.6 Å². The number of nitrogens with one attached hydrogen (secondary N) is 2. The molecule has 1 unspecified atom stereocenters. The Morgan fingerprint density at radius 1 is 1.05 bits per heavy atom. The average molecular weight is 591 g/mol. The number of amides is 3. The monoisotopic (exact) mass is 590 g/mol. The Morgan fingerprint density at radius 2 is 1.86 bits per heavy atom. The topological polar surface area (TPSA) is 119 Å². The molecule has 2 aromatic carbocycles. The van der Waals surface area contributed by atoms with Crippen molar-refractivity contribution in [3.05, 3.63) is 89.3 Å². The third-order valence-corrected chi connectivity index (χ3v) is 8.19. The maximum Gasteiger partial charge on any atom is 0.251 e. The minimum atomic E-state index is -1.04. The lowest BCUT2D eigenvalue weighted by atomic mass is 10.1. The van der Waals surface area contributed by atoms with Gasteiger partial charge >= 0.3 is 0 Å². The lowest BCUT2D eigenvalue weighted by molar-refractivity contribution is -0.152. The number of aromatic nitrogens is 1. The van der Waals surface area contributed by atoms with Crippen LogP contribution in [-0.4, -0.2) is 65.7 Å². The summed E-state index contributed by atoms with van der Waals surface area (Å²) in [6, 6.07) is 15.0. The molecule has 4 heterocycles. The van der Waals surface area contributed by atoms with Gasteiger partial charge in [0.15, 0.2) is 5.79 Å². The number of likely N-dealkylation sites (tertiary alicyclic amines) is 1. The van der Waals surface area contributed by atoms with E-state index in [1.54, 1.807) is 41.9 Å².